The van der Waals surface area contributed by atoms with Gasteiger partial charge in [-0.15, -0.1) is 0 Å². The van der Waals surface area contributed by atoms with Gasteiger partial charge in [0.15, 0.2) is 0 Å². The van der Waals surface area contributed by atoms with Gasteiger partial charge in [-0.25, -0.2) is 4.98 Å². The number of nitrogens with one attached hydrogen (secondary N) is 1. The maximum atomic E-state index is 12.7. The molecule has 146 valence electrons. The van der Waals surface area contributed by atoms with Gasteiger partial charge in [-0.3, -0.25) is 4.79 Å². The van der Waals surface area contributed by atoms with Crippen LogP contribution in [-0.4, -0.2) is 34.6 Å². The summed E-state index contributed by atoms with van der Waals surface area (Å²) in [7, 11) is 0. The third-order valence-corrected chi connectivity index (χ3v) is 4.91. The molecule has 1 aromatic carbocycles. The van der Waals surface area contributed by atoms with Gasteiger partial charge in [-0.1, -0.05) is 24.3 Å². The number of amides is 1. The second kappa shape index (κ2) is 8.54. The molecule has 28 heavy (non-hydrogen) atoms. The molecule has 1 atom stereocenters. The lowest BCUT2D eigenvalue weighted by Gasteiger charge is -2.11. The Balaban J connectivity index is 1.35. The molecule has 1 unspecified atom stereocenters. The summed E-state index contributed by atoms with van der Waals surface area (Å²) in [6.45, 7) is 4.45. The highest BCUT2D eigenvalue weighted by atomic mass is 16.5. The van der Waals surface area contributed by atoms with Crippen LogP contribution in [0.25, 0.3) is 5.65 Å². The number of hydrogen-bond acceptors (Lipinski definition) is 4. The molecule has 3 aromatic rings. The predicted molar refractivity (Wildman–Crippen MR) is 106 cm³/mol. The monoisotopic (exact) mass is 379 g/mol. The fraction of sp³-hybridized carbons (Fsp3) is 0.364. The van der Waals surface area contributed by atoms with Crippen molar-refractivity contribution in [1.82, 2.24) is 14.7 Å². The number of ether oxygens (including phenoxy) is 2. The lowest BCUT2D eigenvalue weighted by molar-refractivity contribution is 0.0106. The van der Waals surface area contributed by atoms with Crippen molar-refractivity contribution < 1.29 is 14.3 Å². The minimum absolute atomic E-state index is 0.125. The quantitative estimate of drug-likeness (QED) is 0.684. The van der Waals surface area contributed by atoms with Crippen LogP contribution in [0, 0.1) is 6.92 Å². The van der Waals surface area contributed by atoms with Gasteiger partial charge < -0.3 is 19.2 Å². The van der Waals surface area contributed by atoms with Gasteiger partial charge in [-0.2, -0.15) is 0 Å². The fourth-order valence-corrected chi connectivity index (χ4v) is 3.53. The van der Waals surface area contributed by atoms with Gasteiger partial charge in [0, 0.05) is 31.7 Å². The average molecular weight is 379 g/mol. The van der Waals surface area contributed by atoms with Crippen molar-refractivity contribution in [3.8, 4) is 0 Å². The maximum absolute atomic E-state index is 12.7. The molecule has 6 nitrogen and oxygen atoms in total. The first-order valence-corrected chi connectivity index (χ1v) is 9.68. The number of carbonyl (C=O) groups excluding carboxylic acids is 1. The Bertz CT molecular complexity index is 961. The van der Waals surface area contributed by atoms with Crippen LogP contribution in [0.1, 0.15) is 39.9 Å². The molecule has 1 N–H and O–H groups in total. The van der Waals surface area contributed by atoms with Crippen molar-refractivity contribution in [3.63, 3.8) is 0 Å². The van der Waals surface area contributed by atoms with E-state index in [0.29, 0.717) is 31.0 Å². The first kappa shape index (κ1) is 18.7. The molecule has 0 spiro atoms. The third-order valence-electron chi connectivity index (χ3n) is 4.91. The van der Waals surface area contributed by atoms with Crippen LogP contribution >= 0.6 is 0 Å². The number of rotatable bonds is 7. The van der Waals surface area contributed by atoms with Crippen LogP contribution in [0.3, 0.4) is 0 Å². The summed E-state index contributed by atoms with van der Waals surface area (Å²) >= 11 is 0. The van der Waals surface area contributed by atoms with Crippen molar-refractivity contribution in [3.05, 3.63) is 71.2 Å². The van der Waals surface area contributed by atoms with E-state index in [2.05, 4.69) is 16.4 Å². The molecule has 6 heteroatoms. The minimum Gasteiger partial charge on any atom is -0.376 e. The molecule has 0 aliphatic carbocycles. The van der Waals surface area contributed by atoms with Crippen LogP contribution in [0.15, 0.2) is 48.9 Å². The van der Waals surface area contributed by atoms with Crippen molar-refractivity contribution in [1.29, 1.82) is 0 Å². The fourth-order valence-electron chi connectivity index (χ4n) is 3.53. The summed E-state index contributed by atoms with van der Waals surface area (Å²) in [5.41, 5.74) is 4.40. The Kier molecular flexibility index (Phi) is 5.69. The van der Waals surface area contributed by atoms with Crippen LogP contribution in [-0.2, 0) is 22.6 Å². The van der Waals surface area contributed by atoms with E-state index in [1.54, 1.807) is 6.20 Å². The highest BCUT2D eigenvalue weighted by Gasteiger charge is 2.15. The Morgan fingerprint density at radius 2 is 2.25 bits per heavy atom. The Morgan fingerprint density at radius 1 is 1.36 bits per heavy atom. The van der Waals surface area contributed by atoms with Crippen LogP contribution in [0.2, 0.25) is 0 Å². The van der Waals surface area contributed by atoms with Crippen molar-refractivity contribution in [2.75, 3.05) is 13.2 Å². The molecule has 0 bridgehead atoms. The number of hydrogen-bond donors (Lipinski definition) is 1. The van der Waals surface area contributed by atoms with Crippen LogP contribution < -0.4 is 5.32 Å². The smallest absolute Gasteiger partial charge is 0.255 e. The van der Waals surface area contributed by atoms with Crippen molar-refractivity contribution >= 4 is 11.6 Å². The summed E-state index contributed by atoms with van der Waals surface area (Å²) in [6.07, 6.45) is 7.94. The molecule has 1 saturated heterocycles. The zero-order valence-electron chi connectivity index (χ0n) is 16.1. The Labute approximate surface area is 164 Å². The Morgan fingerprint density at radius 3 is 3.11 bits per heavy atom. The van der Waals surface area contributed by atoms with E-state index in [-0.39, 0.29) is 12.0 Å². The number of aromatic nitrogens is 2. The standard InChI is InChI=1S/C22H25N3O3/c1-16-10-20(21-23-7-8-25(21)13-16)22(26)24-12-17-4-2-5-18(11-17)14-27-15-19-6-3-9-28-19/h2,4-5,7-8,10-11,13,19H,3,6,9,12,14-15H2,1H3,(H,24,26). The zero-order chi connectivity index (χ0) is 19.3. The summed E-state index contributed by atoms with van der Waals surface area (Å²) in [6, 6.07) is 9.97. The van der Waals surface area contributed by atoms with Gasteiger partial charge in [0.2, 0.25) is 0 Å². The molecule has 0 radical (unpaired) electrons. The highest BCUT2D eigenvalue weighted by Crippen LogP contribution is 2.14. The highest BCUT2D eigenvalue weighted by molar-refractivity contribution is 5.99. The largest absolute Gasteiger partial charge is 0.376 e. The van der Waals surface area contributed by atoms with Gasteiger partial charge in [0.25, 0.3) is 5.91 Å². The number of pyridine rings is 1. The first-order valence-electron chi connectivity index (χ1n) is 9.68. The van der Waals surface area contributed by atoms with E-state index in [9.17, 15) is 4.79 Å². The average Bonchev–Trinajstić information content (AvgIpc) is 3.37. The van der Waals surface area contributed by atoms with Gasteiger partial charge in [0.1, 0.15) is 5.65 Å². The second-order valence-corrected chi connectivity index (χ2v) is 7.24. The topological polar surface area (TPSA) is 64.9 Å². The minimum atomic E-state index is -0.125. The van der Waals surface area contributed by atoms with Gasteiger partial charge in [0.05, 0.1) is 24.9 Å². The van der Waals surface area contributed by atoms with Gasteiger partial charge >= 0.3 is 0 Å². The molecular weight excluding hydrogens is 354 g/mol. The normalized spacial score (nSPS) is 16.5. The van der Waals surface area contributed by atoms with Crippen LogP contribution in [0.4, 0.5) is 0 Å². The molecule has 2 aromatic heterocycles. The molecule has 1 fully saturated rings. The molecule has 1 aliphatic heterocycles. The van der Waals surface area contributed by atoms with E-state index < -0.39 is 0 Å². The number of imidazole rings is 1. The lowest BCUT2D eigenvalue weighted by Crippen LogP contribution is -2.23. The van der Waals surface area contributed by atoms with Crippen LogP contribution in [0.5, 0.6) is 0 Å². The summed E-state index contributed by atoms with van der Waals surface area (Å²) in [5.74, 6) is -0.125. The molecule has 1 amide bonds. The zero-order valence-corrected chi connectivity index (χ0v) is 16.1. The number of carbonyl (C=O) groups is 1. The molecular formula is C22H25N3O3. The third kappa shape index (κ3) is 4.40. The molecule has 4 rings (SSSR count). The summed E-state index contributed by atoms with van der Waals surface area (Å²) in [5, 5.41) is 3.00. The van der Waals surface area contributed by atoms with Crippen molar-refractivity contribution in [2.45, 2.75) is 39.0 Å². The van der Waals surface area contributed by atoms with Crippen molar-refractivity contribution in [2.24, 2.45) is 0 Å². The number of fused-ring (bicyclic) bond motifs is 1. The Hall–Kier alpha value is -2.70. The van der Waals surface area contributed by atoms with E-state index >= 15 is 0 Å². The summed E-state index contributed by atoms with van der Waals surface area (Å²) < 4.78 is 13.2. The van der Waals surface area contributed by atoms with E-state index in [1.807, 2.05) is 48.0 Å². The molecule has 3 heterocycles. The van der Waals surface area contributed by atoms with E-state index in [0.717, 1.165) is 36.1 Å². The predicted octanol–water partition coefficient (Wildman–Crippen LogP) is 3.27. The number of benzene rings is 1. The SMILES string of the molecule is Cc1cc(C(=O)NCc2cccc(COCC3CCCO3)c2)c2nccn2c1. The molecule has 0 saturated carbocycles. The summed E-state index contributed by atoms with van der Waals surface area (Å²) in [4.78, 5) is 17.0. The first-order chi connectivity index (χ1) is 13.7. The lowest BCUT2D eigenvalue weighted by atomic mass is 10.1. The number of aryl methyl sites for hydroxylation is 1. The molecule has 1 aliphatic rings. The van der Waals surface area contributed by atoms with E-state index in [1.165, 1.54) is 0 Å². The maximum Gasteiger partial charge on any atom is 0.255 e. The van der Waals surface area contributed by atoms with Gasteiger partial charge in [-0.05, 0) is 42.5 Å². The second-order valence-electron chi connectivity index (χ2n) is 7.24. The van der Waals surface area contributed by atoms with E-state index in [4.69, 9.17) is 9.47 Å². The number of nitrogens with zero attached hydrogens (tertiary/aromatic N) is 2.